The monoisotopic (exact) mass is 432 g/mol. The zero-order chi connectivity index (χ0) is 18.1. The van der Waals surface area contributed by atoms with E-state index in [2.05, 4.69) is 10.4 Å². The van der Waals surface area contributed by atoms with E-state index in [4.69, 9.17) is 16.3 Å². The van der Waals surface area contributed by atoms with Gasteiger partial charge in [0.2, 0.25) is 10.0 Å². The fraction of sp³-hybridized carbons (Fsp3) is 0.471. The van der Waals surface area contributed by atoms with E-state index in [1.165, 1.54) is 10.5 Å². The lowest BCUT2D eigenvalue weighted by molar-refractivity contribution is 0.184. The Hall–Kier alpha value is -1.16. The predicted octanol–water partition coefficient (Wildman–Crippen LogP) is 2.25. The van der Waals surface area contributed by atoms with Gasteiger partial charge in [0.25, 0.3) is 0 Å². The number of piperazine rings is 1. The highest BCUT2D eigenvalue weighted by Gasteiger charge is 2.36. The Morgan fingerprint density at radius 2 is 2.11 bits per heavy atom. The molecule has 4 rings (SSSR count). The molecule has 2 unspecified atom stereocenters. The third-order valence-corrected chi connectivity index (χ3v) is 7.13. The average molecular weight is 433 g/mol. The van der Waals surface area contributed by atoms with Gasteiger partial charge in [-0.05, 0) is 18.1 Å². The van der Waals surface area contributed by atoms with E-state index in [1.54, 1.807) is 16.9 Å². The van der Waals surface area contributed by atoms with Gasteiger partial charge >= 0.3 is 0 Å². The van der Waals surface area contributed by atoms with Crippen LogP contribution >= 0.6 is 24.0 Å². The van der Waals surface area contributed by atoms with Crippen LogP contribution in [0, 0.1) is 0 Å². The molecule has 0 radical (unpaired) electrons. The maximum atomic E-state index is 13.3. The summed E-state index contributed by atoms with van der Waals surface area (Å²) in [5.74, 6) is 0. The lowest BCUT2D eigenvalue weighted by Crippen LogP contribution is -2.48. The molecular weight excluding hydrogens is 411 g/mol. The van der Waals surface area contributed by atoms with Gasteiger partial charge in [-0.2, -0.15) is 9.40 Å². The number of nitrogens with zero attached hydrogens (tertiary/aromatic N) is 3. The van der Waals surface area contributed by atoms with Crippen molar-refractivity contribution < 1.29 is 13.2 Å². The Kier molecular flexibility index (Phi) is 6.45. The van der Waals surface area contributed by atoms with Gasteiger partial charge in [-0.3, -0.25) is 4.68 Å². The van der Waals surface area contributed by atoms with Crippen LogP contribution < -0.4 is 5.32 Å². The van der Waals surface area contributed by atoms with Gasteiger partial charge in [0.15, 0.2) is 0 Å². The molecule has 27 heavy (non-hydrogen) atoms. The molecule has 0 saturated carbocycles. The number of aromatic nitrogens is 2. The quantitative estimate of drug-likeness (QED) is 0.801. The maximum Gasteiger partial charge on any atom is 0.246 e. The summed E-state index contributed by atoms with van der Waals surface area (Å²) in [5.41, 5.74) is 0.807. The number of halogens is 2. The number of benzene rings is 1. The molecule has 0 amide bonds. The molecule has 1 aromatic carbocycles. The number of rotatable bonds is 4. The number of ether oxygens (including phenoxy) is 1. The van der Waals surface area contributed by atoms with Crippen LogP contribution in [0.15, 0.2) is 41.6 Å². The third-order valence-electron chi connectivity index (χ3n) is 4.92. The molecule has 148 valence electrons. The number of hydrogen-bond donors (Lipinski definition) is 1. The molecule has 2 aliphatic rings. The van der Waals surface area contributed by atoms with Crippen molar-refractivity contribution in [1.29, 1.82) is 0 Å². The summed E-state index contributed by atoms with van der Waals surface area (Å²) in [6.45, 7) is 2.75. The van der Waals surface area contributed by atoms with Crippen molar-refractivity contribution in [3.05, 3.63) is 47.2 Å². The first kappa shape index (κ1) is 20.6. The van der Waals surface area contributed by atoms with Gasteiger partial charge < -0.3 is 10.1 Å². The molecule has 1 aromatic heterocycles. The second kappa shape index (κ2) is 8.46. The average Bonchev–Trinajstić information content (AvgIpc) is 3.34. The van der Waals surface area contributed by atoms with Crippen LogP contribution in [0.25, 0.3) is 0 Å². The molecule has 0 spiro atoms. The first-order valence-corrected chi connectivity index (χ1v) is 10.5. The van der Waals surface area contributed by atoms with Crippen molar-refractivity contribution in [3.63, 3.8) is 0 Å². The van der Waals surface area contributed by atoms with Crippen molar-refractivity contribution >= 4 is 34.0 Å². The van der Waals surface area contributed by atoms with Crippen LogP contribution in [0.4, 0.5) is 0 Å². The minimum absolute atomic E-state index is 0. The fourth-order valence-electron chi connectivity index (χ4n) is 3.50. The van der Waals surface area contributed by atoms with Crippen LogP contribution in [0.1, 0.15) is 24.1 Å². The number of hydrogen-bond acceptors (Lipinski definition) is 5. The summed E-state index contributed by atoms with van der Waals surface area (Å²) in [7, 11) is -3.67. The Morgan fingerprint density at radius 3 is 2.85 bits per heavy atom. The molecule has 7 nitrogen and oxygen atoms in total. The van der Waals surface area contributed by atoms with E-state index in [1.807, 2.05) is 18.2 Å². The van der Waals surface area contributed by atoms with Crippen LogP contribution in [-0.4, -0.2) is 55.4 Å². The summed E-state index contributed by atoms with van der Waals surface area (Å²) in [6.07, 6.45) is 3.89. The van der Waals surface area contributed by atoms with Gasteiger partial charge in [0.05, 0.1) is 24.9 Å². The Bertz CT molecular complexity index is 884. The maximum absolute atomic E-state index is 13.3. The SMILES string of the molecule is Cl.O=S(=O)(c1cnn(C2CCOC2)c1)N1CCNCC1c1ccccc1Cl. The van der Waals surface area contributed by atoms with E-state index in [0.717, 1.165) is 12.0 Å². The van der Waals surface area contributed by atoms with Gasteiger partial charge in [-0.25, -0.2) is 8.42 Å². The molecule has 0 bridgehead atoms. The molecule has 2 aromatic rings. The van der Waals surface area contributed by atoms with Crippen LogP contribution in [-0.2, 0) is 14.8 Å². The third kappa shape index (κ3) is 4.01. The highest BCUT2D eigenvalue weighted by atomic mass is 35.5. The Balaban J connectivity index is 0.00000210. The van der Waals surface area contributed by atoms with Gasteiger partial charge in [-0.15, -0.1) is 12.4 Å². The molecule has 3 heterocycles. The van der Waals surface area contributed by atoms with Crippen molar-refractivity contribution in [2.45, 2.75) is 23.4 Å². The molecule has 2 atom stereocenters. The highest BCUT2D eigenvalue weighted by molar-refractivity contribution is 7.89. The van der Waals surface area contributed by atoms with Crippen molar-refractivity contribution in [1.82, 2.24) is 19.4 Å². The Morgan fingerprint density at radius 1 is 1.30 bits per heavy atom. The molecule has 2 aliphatic heterocycles. The standard InChI is InChI=1S/C17H21ClN4O3S.ClH/c18-16-4-2-1-3-15(16)17-10-19-6-7-22(17)26(23,24)14-9-20-21(11-14)13-5-8-25-12-13;/h1-4,9,11,13,17,19H,5-8,10,12H2;1H. The number of sulfonamides is 1. The fourth-order valence-corrected chi connectivity index (χ4v) is 5.31. The molecular formula is C17H22Cl2N4O3S. The largest absolute Gasteiger partial charge is 0.379 e. The number of nitrogens with one attached hydrogen (secondary N) is 1. The van der Waals surface area contributed by atoms with E-state index in [-0.39, 0.29) is 29.4 Å². The van der Waals surface area contributed by atoms with Crippen molar-refractivity contribution in [3.8, 4) is 0 Å². The second-order valence-electron chi connectivity index (χ2n) is 6.53. The summed E-state index contributed by atoms with van der Waals surface area (Å²) >= 11 is 6.33. The zero-order valence-corrected chi connectivity index (χ0v) is 17.0. The van der Waals surface area contributed by atoms with E-state index >= 15 is 0 Å². The van der Waals surface area contributed by atoms with Crippen LogP contribution in [0.5, 0.6) is 0 Å². The minimum Gasteiger partial charge on any atom is -0.379 e. The molecule has 10 heteroatoms. The predicted molar refractivity (Wildman–Crippen MR) is 105 cm³/mol. The molecule has 0 aliphatic carbocycles. The summed E-state index contributed by atoms with van der Waals surface area (Å²) in [5, 5.41) is 8.10. The van der Waals surface area contributed by atoms with Gasteiger partial charge in [0.1, 0.15) is 4.90 Å². The molecule has 2 fully saturated rings. The molecule has 1 N–H and O–H groups in total. The van der Waals surface area contributed by atoms with Gasteiger partial charge in [0, 0.05) is 37.5 Å². The van der Waals surface area contributed by atoms with Crippen LogP contribution in [0.3, 0.4) is 0 Å². The van der Waals surface area contributed by atoms with Gasteiger partial charge in [-0.1, -0.05) is 29.8 Å². The summed E-state index contributed by atoms with van der Waals surface area (Å²) in [4.78, 5) is 0.211. The summed E-state index contributed by atoms with van der Waals surface area (Å²) < 4.78 is 35.2. The first-order valence-electron chi connectivity index (χ1n) is 8.66. The van der Waals surface area contributed by atoms with E-state index in [9.17, 15) is 8.42 Å². The molecule has 2 saturated heterocycles. The lowest BCUT2D eigenvalue weighted by atomic mass is 10.1. The van der Waals surface area contributed by atoms with E-state index < -0.39 is 10.0 Å². The van der Waals surface area contributed by atoms with Crippen LogP contribution in [0.2, 0.25) is 5.02 Å². The van der Waals surface area contributed by atoms with E-state index in [0.29, 0.717) is 37.9 Å². The first-order chi connectivity index (χ1) is 12.6. The smallest absolute Gasteiger partial charge is 0.246 e. The van der Waals surface area contributed by atoms with Crippen molar-refractivity contribution in [2.75, 3.05) is 32.8 Å². The highest BCUT2D eigenvalue weighted by Crippen LogP contribution is 2.33. The lowest BCUT2D eigenvalue weighted by Gasteiger charge is -2.35. The Labute approximate surface area is 170 Å². The van der Waals surface area contributed by atoms with Crippen molar-refractivity contribution in [2.24, 2.45) is 0 Å². The minimum atomic E-state index is -3.67. The normalized spacial score (nSPS) is 23.9. The summed E-state index contributed by atoms with van der Waals surface area (Å²) in [6, 6.07) is 7.13. The second-order valence-corrected chi connectivity index (χ2v) is 8.83. The zero-order valence-electron chi connectivity index (χ0n) is 14.6. The topological polar surface area (TPSA) is 76.5 Å².